The third-order valence-corrected chi connectivity index (χ3v) is 4.88. The van der Waals surface area contributed by atoms with Crippen LogP contribution < -0.4 is 5.32 Å². The second-order valence-electron chi connectivity index (χ2n) is 6.77. The topological polar surface area (TPSA) is 44.9 Å². The standard InChI is InChI=1S/C20H18F2N2O/c1-11-2-5-17-14(8-11)15-9-12(3-6-18(15)23-17)20(25)24-19-7-4-13(21)10-16(19)22/h3-4,6-7,9-11,23H,2,5,8H2,1H3,(H,24,25)/t11-/m1/s1. The SMILES string of the molecule is C[C@@H]1CCc2[nH]c3ccc(C(=O)Nc4ccc(F)cc4F)cc3c2C1. The summed E-state index contributed by atoms with van der Waals surface area (Å²) in [4.78, 5) is 15.9. The highest BCUT2D eigenvalue weighted by atomic mass is 19.1. The number of halogens is 2. The van der Waals surface area contributed by atoms with Gasteiger partial charge in [0.15, 0.2) is 0 Å². The van der Waals surface area contributed by atoms with Crippen LogP contribution in [0.1, 0.15) is 35.0 Å². The van der Waals surface area contributed by atoms with Crippen LogP contribution in [0.2, 0.25) is 0 Å². The van der Waals surface area contributed by atoms with Crippen molar-refractivity contribution in [3.63, 3.8) is 0 Å². The molecule has 3 nitrogen and oxygen atoms in total. The zero-order valence-corrected chi connectivity index (χ0v) is 13.8. The molecule has 0 bridgehead atoms. The third kappa shape index (κ3) is 2.90. The van der Waals surface area contributed by atoms with Gasteiger partial charge in [-0.15, -0.1) is 0 Å². The minimum atomic E-state index is -0.790. The minimum absolute atomic E-state index is 0.0313. The van der Waals surface area contributed by atoms with Gasteiger partial charge in [-0.3, -0.25) is 4.79 Å². The van der Waals surface area contributed by atoms with Crippen molar-refractivity contribution in [2.75, 3.05) is 5.32 Å². The molecule has 4 rings (SSSR count). The maximum Gasteiger partial charge on any atom is 0.255 e. The van der Waals surface area contributed by atoms with Crippen LogP contribution >= 0.6 is 0 Å². The van der Waals surface area contributed by atoms with Crippen LogP contribution in [0.15, 0.2) is 36.4 Å². The Morgan fingerprint density at radius 3 is 2.84 bits per heavy atom. The average Bonchev–Trinajstić information content (AvgIpc) is 2.94. The van der Waals surface area contributed by atoms with E-state index in [4.69, 9.17) is 0 Å². The van der Waals surface area contributed by atoms with E-state index in [-0.39, 0.29) is 5.69 Å². The van der Waals surface area contributed by atoms with Crippen LogP contribution in [0.4, 0.5) is 14.5 Å². The number of amides is 1. The molecular weight excluding hydrogens is 322 g/mol. The molecule has 2 aromatic carbocycles. The Hall–Kier alpha value is -2.69. The molecule has 1 amide bonds. The number of benzene rings is 2. The third-order valence-electron chi connectivity index (χ3n) is 4.88. The van der Waals surface area contributed by atoms with Gasteiger partial charge in [-0.1, -0.05) is 6.92 Å². The van der Waals surface area contributed by atoms with E-state index in [1.165, 1.54) is 17.3 Å². The van der Waals surface area contributed by atoms with Crippen LogP contribution in [0.25, 0.3) is 10.9 Å². The highest BCUT2D eigenvalue weighted by molar-refractivity contribution is 6.06. The molecule has 0 unspecified atom stereocenters. The zero-order valence-electron chi connectivity index (χ0n) is 13.8. The number of carbonyl (C=O) groups is 1. The highest BCUT2D eigenvalue weighted by Crippen LogP contribution is 2.32. The number of anilines is 1. The molecule has 3 aromatic rings. The largest absolute Gasteiger partial charge is 0.358 e. The first kappa shape index (κ1) is 15.8. The van der Waals surface area contributed by atoms with Crippen LogP contribution in [-0.4, -0.2) is 10.9 Å². The molecule has 1 aliphatic rings. The molecule has 1 heterocycles. The normalized spacial score (nSPS) is 16.7. The number of fused-ring (bicyclic) bond motifs is 3. The van der Waals surface area contributed by atoms with E-state index in [1.54, 1.807) is 6.07 Å². The molecule has 1 aliphatic carbocycles. The van der Waals surface area contributed by atoms with Crippen LogP contribution in [0, 0.1) is 17.6 Å². The Bertz CT molecular complexity index is 977. The number of carbonyl (C=O) groups excluding carboxylic acids is 1. The summed E-state index contributed by atoms with van der Waals surface area (Å²) in [7, 11) is 0. The van der Waals surface area contributed by atoms with Crippen LogP contribution in [-0.2, 0) is 12.8 Å². The molecule has 0 fully saturated rings. The van der Waals surface area contributed by atoms with Crippen molar-refractivity contribution in [3.8, 4) is 0 Å². The van der Waals surface area contributed by atoms with Crippen molar-refractivity contribution in [1.82, 2.24) is 4.98 Å². The van der Waals surface area contributed by atoms with Gasteiger partial charge in [0.1, 0.15) is 11.6 Å². The van der Waals surface area contributed by atoms with Crippen molar-refractivity contribution in [1.29, 1.82) is 0 Å². The molecule has 25 heavy (non-hydrogen) atoms. The second kappa shape index (κ2) is 5.99. The van der Waals surface area contributed by atoms with Gasteiger partial charge in [0, 0.05) is 28.2 Å². The zero-order chi connectivity index (χ0) is 17.6. The molecule has 0 spiro atoms. The van der Waals surface area contributed by atoms with E-state index in [9.17, 15) is 13.6 Å². The quantitative estimate of drug-likeness (QED) is 0.690. The van der Waals surface area contributed by atoms with Gasteiger partial charge in [-0.25, -0.2) is 8.78 Å². The number of rotatable bonds is 2. The van der Waals surface area contributed by atoms with Gasteiger partial charge in [0.2, 0.25) is 0 Å². The van der Waals surface area contributed by atoms with E-state index in [1.807, 2.05) is 12.1 Å². The fraction of sp³-hybridized carbons (Fsp3) is 0.250. The van der Waals surface area contributed by atoms with E-state index in [0.717, 1.165) is 42.3 Å². The number of hydrogen-bond acceptors (Lipinski definition) is 1. The lowest BCUT2D eigenvalue weighted by molar-refractivity contribution is 0.102. The summed E-state index contributed by atoms with van der Waals surface area (Å²) >= 11 is 0. The van der Waals surface area contributed by atoms with Crippen molar-refractivity contribution in [2.45, 2.75) is 26.2 Å². The molecule has 0 saturated carbocycles. The molecular formula is C20H18F2N2O. The van der Waals surface area contributed by atoms with Crippen molar-refractivity contribution < 1.29 is 13.6 Å². The summed E-state index contributed by atoms with van der Waals surface area (Å²) in [6.45, 7) is 2.23. The molecule has 5 heteroatoms. The number of aromatic amines is 1. The summed E-state index contributed by atoms with van der Waals surface area (Å²) in [6, 6.07) is 8.54. The van der Waals surface area contributed by atoms with Gasteiger partial charge in [0.05, 0.1) is 5.69 Å². The molecule has 0 saturated heterocycles. The minimum Gasteiger partial charge on any atom is -0.358 e. The Balaban J connectivity index is 1.67. The molecule has 2 N–H and O–H groups in total. The molecule has 128 valence electrons. The fourth-order valence-corrected chi connectivity index (χ4v) is 3.52. The predicted octanol–water partition coefficient (Wildman–Crippen LogP) is 4.82. The van der Waals surface area contributed by atoms with Crippen molar-refractivity contribution in [2.24, 2.45) is 5.92 Å². The summed E-state index contributed by atoms with van der Waals surface area (Å²) in [6.07, 6.45) is 3.18. The maximum absolute atomic E-state index is 13.7. The Morgan fingerprint density at radius 1 is 1.20 bits per heavy atom. The van der Waals surface area contributed by atoms with Crippen molar-refractivity contribution >= 4 is 22.5 Å². The number of H-pyrrole nitrogens is 1. The van der Waals surface area contributed by atoms with Crippen molar-refractivity contribution in [3.05, 3.63) is 64.9 Å². The maximum atomic E-state index is 13.7. The lowest BCUT2D eigenvalue weighted by atomic mass is 9.87. The van der Waals surface area contributed by atoms with Gasteiger partial charge in [0.25, 0.3) is 5.91 Å². The van der Waals surface area contributed by atoms with E-state index in [2.05, 4.69) is 17.2 Å². The molecule has 0 radical (unpaired) electrons. The lowest BCUT2D eigenvalue weighted by Gasteiger charge is -2.18. The Morgan fingerprint density at radius 2 is 2.04 bits per heavy atom. The second-order valence-corrected chi connectivity index (χ2v) is 6.77. The summed E-state index contributed by atoms with van der Waals surface area (Å²) in [5, 5.41) is 3.56. The fourth-order valence-electron chi connectivity index (χ4n) is 3.52. The van der Waals surface area contributed by atoms with E-state index in [0.29, 0.717) is 11.5 Å². The smallest absolute Gasteiger partial charge is 0.255 e. The number of hydrogen-bond donors (Lipinski definition) is 2. The summed E-state index contributed by atoms with van der Waals surface area (Å²) in [5.41, 5.74) is 3.96. The number of aromatic nitrogens is 1. The Labute approximate surface area is 144 Å². The monoisotopic (exact) mass is 340 g/mol. The lowest BCUT2D eigenvalue weighted by Crippen LogP contribution is -2.13. The van der Waals surface area contributed by atoms with Gasteiger partial charge < -0.3 is 10.3 Å². The predicted molar refractivity (Wildman–Crippen MR) is 93.8 cm³/mol. The number of aryl methyl sites for hydroxylation is 1. The average molecular weight is 340 g/mol. The summed E-state index contributed by atoms with van der Waals surface area (Å²) < 4.78 is 26.7. The molecule has 1 aromatic heterocycles. The van der Waals surface area contributed by atoms with Gasteiger partial charge >= 0.3 is 0 Å². The highest BCUT2D eigenvalue weighted by Gasteiger charge is 2.20. The van der Waals surface area contributed by atoms with E-state index < -0.39 is 17.5 Å². The first-order valence-corrected chi connectivity index (χ1v) is 8.41. The Kier molecular flexibility index (Phi) is 3.79. The number of nitrogens with one attached hydrogen (secondary N) is 2. The van der Waals surface area contributed by atoms with E-state index >= 15 is 0 Å². The molecule has 0 aliphatic heterocycles. The van der Waals surface area contributed by atoms with Gasteiger partial charge in [-0.05, 0) is 61.1 Å². The van der Waals surface area contributed by atoms with Crippen LogP contribution in [0.3, 0.4) is 0 Å². The first-order chi connectivity index (χ1) is 12.0. The van der Waals surface area contributed by atoms with Crippen LogP contribution in [0.5, 0.6) is 0 Å². The van der Waals surface area contributed by atoms with Gasteiger partial charge in [-0.2, -0.15) is 0 Å². The molecule has 1 atom stereocenters. The first-order valence-electron chi connectivity index (χ1n) is 8.41. The summed E-state index contributed by atoms with van der Waals surface area (Å²) in [5.74, 6) is -1.25.